The van der Waals surface area contributed by atoms with Gasteiger partial charge < -0.3 is 5.11 Å². The number of nitrogens with zero attached hydrogens (tertiary/aromatic N) is 4. The van der Waals surface area contributed by atoms with E-state index in [1.54, 1.807) is 35.2 Å². The van der Waals surface area contributed by atoms with Gasteiger partial charge in [0.2, 0.25) is 0 Å². The van der Waals surface area contributed by atoms with Crippen LogP contribution in [0.5, 0.6) is 0 Å². The van der Waals surface area contributed by atoms with Crippen molar-refractivity contribution in [3.05, 3.63) is 79.4 Å². The van der Waals surface area contributed by atoms with E-state index >= 15 is 0 Å². The van der Waals surface area contributed by atoms with Gasteiger partial charge in [-0.05, 0) is 69.8 Å². The zero-order chi connectivity index (χ0) is 30.8. The van der Waals surface area contributed by atoms with Crippen LogP contribution in [0.15, 0.2) is 40.6 Å². The summed E-state index contributed by atoms with van der Waals surface area (Å²) in [7, 11) is 0. The van der Waals surface area contributed by atoms with Crippen molar-refractivity contribution in [1.82, 2.24) is 19.4 Å². The molecule has 0 amide bonds. The lowest BCUT2D eigenvalue weighted by Crippen LogP contribution is -2.48. The number of carboxylic acid groups (broad SMARTS) is 1. The average molecular weight is 635 g/mol. The molecule has 1 aromatic carbocycles. The van der Waals surface area contributed by atoms with Gasteiger partial charge in [-0.2, -0.15) is 0 Å². The van der Waals surface area contributed by atoms with Crippen LogP contribution in [0.1, 0.15) is 58.7 Å². The molecular formula is C33H29ClF2N4O3S. The van der Waals surface area contributed by atoms with Crippen molar-refractivity contribution in [3.63, 3.8) is 0 Å². The molecule has 4 heterocycles. The maximum Gasteiger partial charge on any atom is 0.338 e. The first kappa shape index (κ1) is 29.1. The van der Waals surface area contributed by atoms with Crippen molar-refractivity contribution in [1.29, 1.82) is 0 Å². The fourth-order valence-corrected chi connectivity index (χ4v) is 8.17. The molecule has 1 N–H and O–H groups in total. The molecule has 7 rings (SSSR count). The van der Waals surface area contributed by atoms with Gasteiger partial charge in [0, 0.05) is 57.9 Å². The molecule has 3 aliphatic rings. The van der Waals surface area contributed by atoms with E-state index in [9.17, 15) is 23.5 Å². The number of alkyl halides is 2. The number of likely N-dealkylation sites (tertiary alicyclic amines) is 1. The number of carboxylic acids is 1. The van der Waals surface area contributed by atoms with E-state index in [0.29, 0.717) is 53.3 Å². The Labute approximate surface area is 261 Å². The lowest BCUT2D eigenvalue weighted by Gasteiger charge is -2.40. The van der Waals surface area contributed by atoms with E-state index in [4.69, 9.17) is 16.6 Å². The summed E-state index contributed by atoms with van der Waals surface area (Å²) in [5.74, 6) is 3.31. The Kier molecular flexibility index (Phi) is 7.11. The number of benzene rings is 1. The number of carbonyl (C=O) groups is 1. The standard InChI is InChI=1S/C33H29ClF2N4O3S/c1-19-38-27-8-7-22(39-12-3-10-32(18-39)17-33(32,35)36)15-25(27)30(41)40(19)13-2-4-20-5-6-21(34)14-24(20)23-9-11-37-28-26(31(42)43)16-44-29(23)28/h5-6,9,11,14,16,22H,3,7-8,10,12-13,15,17-18H2,1H3,(H,42,43). The molecule has 44 heavy (non-hydrogen) atoms. The molecule has 1 aliphatic heterocycles. The lowest BCUT2D eigenvalue weighted by atomic mass is 9.87. The van der Waals surface area contributed by atoms with Crippen molar-refractivity contribution < 1.29 is 18.7 Å². The minimum absolute atomic E-state index is 0.0237. The highest BCUT2D eigenvalue weighted by molar-refractivity contribution is 7.18. The van der Waals surface area contributed by atoms with Gasteiger partial charge in [0.25, 0.3) is 11.5 Å². The normalized spacial score (nSPS) is 22.4. The number of pyridine rings is 1. The topological polar surface area (TPSA) is 88.3 Å². The quantitative estimate of drug-likeness (QED) is 0.269. The molecule has 2 unspecified atom stereocenters. The average Bonchev–Trinajstić information content (AvgIpc) is 3.29. The van der Waals surface area contributed by atoms with Crippen molar-refractivity contribution in [3.8, 4) is 23.0 Å². The number of fused-ring (bicyclic) bond motifs is 2. The first-order chi connectivity index (χ1) is 21.1. The Bertz CT molecular complexity index is 1960. The van der Waals surface area contributed by atoms with Gasteiger partial charge in [-0.1, -0.05) is 23.4 Å². The van der Waals surface area contributed by atoms with Gasteiger partial charge in [-0.25, -0.2) is 18.6 Å². The Hall–Kier alpha value is -3.65. The second-order valence-electron chi connectivity index (χ2n) is 12.1. The molecule has 4 aromatic rings. The molecule has 0 bridgehead atoms. The number of thiophene rings is 1. The zero-order valence-corrected chi connectivity index (χ0v) is 25.6. The maximum atomic E-state index is 14.2. The van der Waals surface area contributed by atoms with Crippen LogP contribution >= 0.6 is 22.9 Å². The smallest absolute Gasteiger partial charge is 0.338 e. The van der Waals surface area contributed by atoms with E-state index < -0.39 is 17.3 Å². The number of piperidine rings is 1. The van der Waals surface area contributed by atoms with Crippen LogP contribution in [0, 0.1) is 24.2 Å². The Morgan fingerprint density at radius 1 is 1.27 bits per heavy atom. The summed E-state index contributed by atoms with van der Waals surface area (Å²) in [5, 5.41) is 11.6. The van der Waals surface area contributed by atoms with Crippen LogP contribution in [0.25, 0.3) is 21.3 Å². The predicted octanol–water partition coefficient (Wildman–Crippen LogP) is 6.21. The Morgan fingerprint density at radius 3 is 2.86 bits per heavy atom. The van der Waals surface area contributed by atoms with E-state index in [2.05, 4.69) is 21.7 Å². The summed E-state index contributed by atoms with van der Waals surface area (Å²) in [6, 6.07) is 7.21. The fourth-order valence-electron chi connectivity index (χ4n) is 6.97. The molecule has 2 fully saturated rings. The molecule has 2 aliphatic carbocycles. The van der Waals surface area contributed by atoms with E-state index in [1.165, 1.54) is 11.3 Å². The van der Waals surface area contributed by atoms with E-state index in [0.717, 1.165) is 40.9 Å². The summed E-state index contributed by atoms with van der Waals surface area (Å²) in [4.78, 5) is 36.6. The lowest BCUT2D eigenvalue weighted by molar-refractivity contribution is 0.0105. The summed E-state index contributed by atoms with van der Waals surface area (Å²) in [6.45, 7) is 3.12. The van der Waals surface area contributed by atoms with Crippen LogP contribution in [0.4, 0.5) is 8.78 Å². The third-order valence-corrected chi connectivity index (χ3v) is 10.7. The predicted molar refractivity (Wildman–Crippen MR) is 166 cm³/mol. The van der Waals surface area contributed by atoms with Crippen molar-refractivity contribution in [2.45, 2.75) is 64.0 Å². The highest BCUT2D eigenvalue weighted by Gasteiger charge is 2.71. The molecular weight excluding hydrogens is 606 g/mol. The molecule has 7 nitrogen and oxygen atoms in total. The van der Waals surface area contributed by atoms with Gasteiger partial charge in [0.05, 0.1) is 33.4 Å². The summed E-state index contributed by atoms with van der Waals surface area (Å²) in [6.07, 6.45) is 4.86. The molecule has 1 saturated carbocycles. The summed E-state index contributed by atoms with van der Waals surface area (Å²) >= 11 is 7.67. The molecule has 0 radical (unpaired) electrons. The molecule has 11 heteroatoms. The number of rotatable bonds is 4. The number of hydrogen-bond donors (Lipinski definition) is 1. The first-order valence-corrected chi connectivity index (χ1v) is 15.9. The fraction of sp³-hybridized carbons (Fsp3) is 0.394. The third-order valence-electron chi connectivity index (χ3n) is 9.44. The van der Waals surface area contributed by atoms with Crippen LogP contribution in [-0.2, 0) is 19.4 Å². The number of halogens is 3. The number of aryl methyl sites for hydroxylation is 2. The molecule has 1 spiro atoms. The highest BCUT2D eigenvalue weighted by Crippen LogP contribution is 2.64. The van der Waals surface area contributed by atoms with Gasteiger partial charge in [0.1, 0.15) is 5.82 Å². The SMILES string of the molecule is Cc1nc2c(c(=O)n1CC#Cc1ccc(Cl)cc1-c1ccnc3c(C(=O)O)csc13)CC(N1CCCC3(C1)CC3(F)F)CC2. The highest BCUT2D eigenvalue weighted by atomic mass is 35.5. The minimum atomic E-state index is -2.57. The molecule has 2 atom stereocenters. The number of aromatic carboxylic acids is 1. The van der Waals surface area contributed by atoms with Crippen LogP contribution in [-0.4, -0.2) is 55.6 Å². The first-order valence-electron chi connectivity index (χ1n) is 14.7. The van der Waals surface area contributed by atoms with Crippen molar-refractivity contribution >= 4 is 39.1 Å². The van der Waals surface area contributed by atoms with E-state index in [-0.39, 0.29) is 30.1 Å². The number of aromatic nitrogens is 3. The van der Waals surface area contributed by atoms with E-state index in [1.807, 2.05) is 12.1 Å². The summed E-state index contributed by atoms with van der Waals surface area (Å²) < 4.78 is 30.6. The van der Waals surface area contributed by atoms with Gasteiger partial charge in [-0.3, -0.25) is 19.2 Å². The van der Waals surface area contributed by atoms with Gasteiger partial charge >= 0.3 is 5.97 Å². The van der Waals surface area contributed by atoms with Gasteiger partial charge in [-0.15, -0.1) is 11.3 Å². The number of hydrogen-bond acceptors (Lipinski definition) is 6. The van der Waals surface area contributed by atoms with Crippen LogP contribution in [0.3, 0.4) is 0 Å². The Morgan fingerprint density at radius 2 is 2.09 bits per heavy atom. The monoisotopic (exact) mass is 634 g/mol. The van der Waals surface area contributed by atoms with Gasteiger partial charge in [0.15, 0.2) is 0 Å². The molecule has 226 valence electrons. The van der Waals surface area contributed by atoms with Crippen molar-refractivity contribution in [2.24, 2.45) is 5.41 Å². The second kappa shape index (κ2) is 10.8. The second-order valence-corrected chi connectivity index (χ2v) is 13.4. The molecule has 1 saturated heterocycles. The summed E-state index contributed by atoms with van der Waals surface area (Å²) in [5.41, 5.74) is 3.21. The Balaban J connectivity index is 1.16. The van der Waals surface area contributed by atoms with Crippen LogP contribution in [0.2, 0.25) is 5.02 Å². The maximum absolute atomic E-state index is 14.2. The third kappa shape index (κ3) is 4.91. The minimum Gasteiger partial charge on any atom is -0.478 e. The largest absolute Gasteiger partial charge is 0.478 e. The van der Waals surface area contributed by atoms with Crippen molar-refractivity contribution in [2.75, 3.05) is 13.1 Å². The zero-order valence-electron chi connectivity index (χ0n) is 24.0. The van der Waals surface area contributed by atoms with Crippen LogP contribution < -0.4 is 5.56 Å². The molecule has 3 aromatic heterocycles.